The van der Waals surface area contributed by atoms with Gasteiger partial charge in [-0.25, -0.2) is 0 Å². The SMILES string of the molecule is C=CCC(=O)OC=C=CC. The summed E-state index contributed by atoms with van der Waals surface area (Å²) in [5, 5.41) is 0. The van der Waals surface area contributed by atoms with Crippen molar-refractivity contribution in [1.82, 2.24) is 0 Å². The molecule has 0 aromatic rings. The van der Waals surface area contributed by atoms with Gasteiger partial charge in [0.1, 0.15) is 6.26 Å². The van der Waals surface area contributed by atoms with E-state index in [-0.39, 0.29) is 12.4 Å². The van der Waals surface area contributed by atoms with Gasteiger partial charge in [0.15, 0.2) is 0 Å². The van der Waals surface area contributed by atoms with Gasteiger partial charge in [0.05, 0.1) is 6.42 Å². The summed E-state index contributed by atoms with van der Waals surface area (Å²) in [5.74, 6) is -0.315. The monoisotopic (exact) mass is 138 g/mol. The Kier molecular flexibility index (Phi) is 5.12. The maximum atomic E-state index is 10.5. The van der Waals surface area contributed by atoms with Crippen molar-refractivity contribution in [2.24, 2.45) is 0 Å². The van der Waals surface area contributed by atoms with Crippen LogP contribution in [0.4, 0.5) is 0 Å². The van der Waals surface area contributed by atoms with Crippen molar-refractivity contribution in [2.45, 2.75) is 13.3 Å². The van der Waals surface area contributed by atoms with Crippen LogP contribution < -0.4 is 0 Å². The summed E-state index contributed by atoms with van der Waals surface area (Å²) in [6.45, 7) is 5.18. The maximum Gasteiger partial charge on any atom is 0.315 e. The minimum atomic E-state index is -0.315. The second kappa shape index (κ2) is 5.86. The van der Waals surface area contributed by atoms with Crippen LogP contribution in [0.2, 0.25) is 0 Å². The van der Waals surface area contributed by atoms with Crippen LogP contribution in [0.25, 0.3) is 0 Å². The van der Waals surface area contributed by atoms with Crippen molar-refractivity contribution in [2.75, 3.05) is 0 Å². The third-order valence-electron chi connectivity index (χ3n) is 0.736. The van der Waals surface area contributed by atoms with E-state index < -0.39 is 0 Å². The number of hydrogen-bond acceptors (Lipinski definition) is 2. The molecule has 0 atom stereocenters. The molecule has 0 unspecified atom stereocenters. The third kappa shape index (κ3) is 4.88. The second-order valence-electron chi connectivity index (χ2n) is 1.56. The average Bonchev–Trinajstić information content (AvgIpc) is 1.89. The Balaban J connectivity index is 3.58. The molecule has 0 N–H and O–H groups in total. The lowest BCUT2D eigenvalue weighted by Gasteiger charge is -1.89. The summed E-state index contributed by atoms with van der Waals surface area (Å²) < 4.78 is 4.55. The number of rotatable bonds is 3. The first-order valence-corrected chi connectivity index (χ1v) is 2.97. The van der Waals surface area contributed by atoms with Crippen molar-refractivity contribution in [3.8, 4) is 0 Å². The molecule has 0 aromatic carbocycles. The molecular formula is C8H10O2. The summed E-state index contributed by atoms with van der Waals surface area (Å²) in [4.78, 5) is 10.5. The second-order valence-corrected chi connectivity index (χ2v) is 1.56. The van der Waals surface area contributed by atoms with Gasteiger partial charge in [0, 0.05) is 0 Å². The van der Waals surface area contributed by atoms with Crippen LogP contribution in [0.3, 0.4) is 0 Å². The van der Waals surface area contributed by atoms with E-state index in [4.69, 9.17) is 0 Å². The fraction of sp³-hybridized carbons (Fsp3) is 0.250. The third-order valence-corrected chi connectivity index (χ3v) is 0.736. The lowest BCUT2D eigenvalue weighted by molar-refractivity contribution is -0.136. The predicted octanol–water partition coefficient (Wildman–Crippen LogP) is 1.79. The number of carbonyl (C=O) groups is 1. The lowest BCUT2D eigenvalue weighted by atomic mass is 10.4. The van der Waals surface area contributed by atoms with E-state index >= 15 is 0 Å². The highest BCUT2D eigenvalue weighted by molar-refractivity contribution is 5.71. The Morgan fingerprint density at radius 2 is 2.50 bits per heavy atom. The van der Waals surface area contributed by atoms with E-state index in [0.29, 0.717) is 0 Å². The number of ether oxygens (including phenoxy) is 1. The van der Waals surface area contributed by atoms with Gasteiger partial charge in [-0.2, -0.15) is 0 Å². The van der Waals surface area contributed by atoms with Gasteiger partial charge < -0.3 is 4.74 Å². The highest BCUT2D eigenvalue weighted by Crippen LogP contribution is 1.86. The largest absolute Gasteiger partial charge is 0.426 e. The van der Waals surface area contributed by atoms with E-state index in [0.717, 1.165) is 0 Å². The summed E-state index contributed by atoms with van der Waals surface area (Å²) in [7, 11) is 0. The summed E-state index contributed by atoms with van der Waals surface area (Å²) >= 11 is 0. The van der Waals surface area contributed by atoms with Crippen molar-refractivity contribution >= 4 is 5.97 Å². The molecule has 0 bridgehead atoms. The van der Waals surface area contributed by atoms with Gasteiger partial charge in [-0.1, -0.05) is 11.8 Å². The van der Waals surface area contributed by atoms with Gasteiger partial charge in [0.2, 0.25) is 0 Å². The number of allylic oxidation sites excluding steroid dienone is 1. The molecule has 0 heterocycles. The zero-order valence-electron chi connectivity index (χ0n) is 5.96. The van der Waals surface area contributed by atoms with Crippen molar-refractivity contribution in [3.05, 3.63) is 30.7 Å². The first-order chi connectivity index (χ1) is 4.81. The van der Waals surface area contributed by atoms with E-state index in [1.807, 2.05) is 0 Å². The molecule has 0 aromatic heterocycles. The summed E-state index contributed by atoms with van der Waals surface area (Å²) in [6, 6.07) is 0. The maximum absolute atomic E-state index is 10.5. The molecule has 2 heteroatoms. The Hall–Kier alpha value is -1.27. The molecule has 0 aliphatic heterocycles. The van der Waals surface area contributed by atoms with Crippen LogP contribution in [-0.2, 0) is 9.53 Å². The van der Waals surface area contributed by atoms with Crippen LogP contribution in [0, 0.1) is 0 Å². The van der Waals surface area contributed by atoms with E-state index in [1.54, 1.807) is 13.0 Å². The minimum Gasteiger partial charge on any atom is -0.426 e. The van der Waals surface area contributed by atoms with Crippen LogP contribution in [0.1, 0.15) is 13.3 Å². The van der Waals surface area contributed by atoms with Gasteiger partial charge in [-0.3, -0.25) is 4.79 Å². The highest BCUT2D eigenvalue weighted by atomic mass is 16.5. The Labute approximate surface area is 60.5 Å². The first kappa shape index (κ1) is 8.73. The average molecular weight is 138 g/mol. The van der Waals surface area contributed by atoms with Gasteiger partial charge in [0.25, 0.3) is 0 Å². The first-order valence-electron chi connectivity index (χ1n) is 2.97. The van der Waals surface area contributed by atoms with Crippen LogP contribution in [0.5, 0.6) is 0 Å². The van der Waals surface area contributed by atoms with E-state index in [9.17, 15) is 4.79 Å². The van der Waals surface area contributed by atoms with Gasteiger partial charge >= 0.3 is 5.97 Å². The smallest absolute Gasteiger partial charge is 0.315 e. The van der Waals surface area contributed by atoms with Gasteiger partial charge in [-0.15, -0.1) is 6.58 Å². The highest BCUT2D eigenvalue weighted by Gasteiger charge is 1.92. The molecule has 0 rings (SSSR count). The van der Waals surface area contributed by atoms with Crippen LogP contribution in [-0.4, -0.2) is 5.97 Å². The van der Waals surface area contributed by atoms with Gasteiger partial charge in [-0.05, 0) is 13.0 Å². The fourth-order valence-corrected chi connectivity index (χ4v) is 0.334. The summed E-state index contributed by atoms with van der Waals surface area (Å²) in [5.41, 5.74) is 2.61. The topological polar surface area (TPSA) is 26.3 Å². The normalized spacial score (nSPS) is 7.30. The van der Waals surface area contributed by atoms with E-state index in [1.165, 1.54) is 12.3 Å². The summed E-state index contributed by atoms with van der Waals surface area (Å²) in [6.07, 6.45) is 4.61. The number of esters is 1. The molecule has 0 spiro atoms. The van der Waals surface area contributed by atoms with Crippen molar-refractivity contribution in [3.63, 3.8) is 0 Å². The zero-order valence-corrected chi connectivity index (χ0v) is 5.96. The van der Waals surface area contributed by atoms with Crippen molar-refractivity contribution in [1.29, 1.82) is 0 Å². The quantitative estimate of drug-likeness (QED) is 0.257. The molecular weight excluding hydrogens is 128 g/mol. The fourth-order valence-electron chi connectivity index (χ4n) is 0.334. The minimum absolute atomic E-state index is 0.238. The van der Waals surface area contributed by atoms with Crippen molar-refractivity contribution < 1.29 is 9.53 Å². The Morgan fingerprint density at radius 3 is 3.00 bits per heavy atom. The molecule has 0 saturated carbocycles. The molecule has 0 radical (unpaired) electrons. The standard InChI is InChI=1S/C8H10O2/c1-3-5-7-10-8(9)6-4-2/h3-4,7H,2,6H2,1H3. The molecule has 0 fully saturated rings. The number of hydrogen-bond donors (Lipinski definition) is 0. The Morgan fingerprint density at radius 1 is 1.80 bits per heavy atom. The lowest BCUT2D eigenvalue weighted by Crippen LogP contribution is -1.95. The number of carbonyl (C=O) groups excluding carboxylic acids is 1. The molecule has 0 saturated heterocycles. The van der Waals surface area contributed by atoms with Crippen LogP contribution in [0.15, 0.2) is 30.7 Å². The Bertz CT molecular complexity index is 174. The molecule has 0 aliphatic rings. The molecule has 54 valence electrons. The predicted molar refractivity (Wildman–Crippen MR) is 39.2 cm³/mol. The van der Waals surface area contributed by atoms with E-state index in [2.05, 4.69) is 17.0 Å². The molecule has 0 amide bonds. The molecule has 0 aliphatic carbocycles. The molecule has 2 nitrogen and oxygen atoms in total. The zero-order chi connectivity index (χ0) is 7.82. The molecule has 10 heavy (non-hydrogen) atoms. The van der Waals surface area contributed by atoms with Crippen LogP contribution >= 0.6 is 0 Å².